The van der Waals surface area contributed by atoms with E-state index in [1.54, 1.807) is 12.1 Å². The van der Waals surface area contributed by atoms with Gasteiger partial charge in [0.1, 0.15) is 11.3 Å². The van der Waals surface area contributed by atoms with Crippen LogP contribution in [-0.4, -0.2) is 36.2 Å². The van der Waals surface area contributed by atoms with Crippen LogP contribution in [0.5, 0.6) is 17.2 Å². The van der Waals surface area contributed by atoms with Crippen molar-refractivity contribution in [3.05, 3.63) is 51.1 Å². The average molecular weight is 536 g/mol. The SMILES string of the molecule is CCCOc1c(I)cc(/C=C2\C(=O)NC(=O)N(c3ccc(O)cc3)C2=O)cc1OCC. The van der Waals surface area contributed by atoms with E-state index in [4.69, 9.17) is 9.47 Å². The number of carbonyl (C=O) groups is 3. The molecule has 31 heavy (non-hydrogen) atoms. The van der Waals surface area contributed by atoms with Gasteiger partial charge in [0.2, 0.25) is 0 Å². The van der Waals surface area contributed by atoms with Crippen LogP contribution in [0.25, 0.3) is 6.08 Å². The van der Waals surface area contributed by atoms with E-state index in [2.05, 4.69) is 27.9 Å². The van der Waals surface area contributed by atoms with E-state index in [1.165, 1.54) is 30.3 Å². The van der Waals surface area contributed by atoms with E-state index >= 15 is 0 Å². The standard InChI is InChI=1S/C22H21IN2O6/c1-3-9-31-19-17(23)11-13(12-18(19)30-4-2)10-16-20(27)24-22(29)25(21(16)28)14-5-7-15(26)8-6-14/h5-8,10-12,26H,3-4,9H2,1-2H3,(H,24,27,29)/b16-10+. The van der Waals surface area contributed by atoms with Gasteiger partial charge in [-0.15, -0.1) is 0 Å². The number of benzene rings is 2. The minimum Gasteiger partial charge on any atom is -0.508 e. The van der Waals surface area contributed by atoms with Crippen molar-refractivity contribution in [1.82, 2.24) is 5.32 Å². The molecule has 0 saturated carbocycles. The second-order valence-electron chi connectivity index (χ2n) is 6.59. The Bertz CT molecular complexity index is 1050. The second-order valence-corrected chi connectivity index (χ2v) is 7.75. The highest BCUT2D eigenvalue weighted by molar-refractivity contribution is 14.1. The van der Waals surface area contributed by atoms with E-state index in [0.717, 1.165) is 14.9 Å². The number of hydrogen-bond acceptors (Lipinski definition) is 6. The number of phenols is 1. The first kappa shape index (κ1) is 22.6. The van der Waals surface area contributed by atoms with Crippen LogP contribution in [-0.2, 0) is 9.59 Å². The maximum Gasteiger partial charge on any atom is 0.335 e. The van der Waals surface area contributed by atoms with E-state index in [0.29, 0.717) is 30.3 Å². The molecule has 0 bridgehead atoms. The molecule has 1 saturated heterocycles. The van der Waals surface area contributed by atoms with Crippen LogP contribution < -0.4 is 19.7 Å². The van der Waals surface area contributed by atoms with Crippen molar-refractivity contribution < 1.29 is 29.0 Å². The van der Waals surface area contributed by atoms with Crippen molar-refractivity contribution in [2.75, 3.05) is 18.1 Å². The van der Waals surface area contributed by atoms with Crippen molar-refractivity contribution in [1.29, 1.82) is 0 Å². The predicted octanol–water partition coefficient (Wildman–Crippen LogP) is 3.85. The van der Waals surface area contributed by atoms with Crippen LogP contribution in [0.4, 0.5) is 10.5 Å². The van der Waals surface area contributed by atoms with Crippen molar-refractivity contribution in [3.8, 4) is 17.2 Å². The van der Waals surface area contributed by atoms with Gasteiger partial charge in [-0.25, -0.2) is 9.69 Å². The Morgan fingerprint density at radius 2 is 1.81 bits per heavy atom. The highest BCUT2D eigenvalue weighted by Gasteiger charge is 2.36. The molecule has 4 amide bonds. The third-order valence-corrected chi connectivity index (χ3v) is 5.10. The van der Waals surface area contributed by atoms with Crippen LogP contribution in [0.2, 0.25) is 0 Å². The van der Waals surface area contributed by atoms with Crippen LogP contribution in [0.1, 0.15) is 25.8 Å². The number of ether oxygens (including phenoxy) is 2. The summed E-state index contributed by atoms with van der Waals surface area (Å²) in [6.45, 7) is 4.80. The minimum atomic E-state index is -0.856. The van der Waals surface area contributed by atoms with Gasteiger partial charge in [-0.2, -0.15) is 0 Å². The van der Waals surface area contributed by atoms with Gasteiger partial charge in [-0.1, -0.05) is 6.92 Å². The summed E-state index contributed by atoms with van der Waals surface area (Å²) in [4.78, 5) is 38.5. The topological polar surface area (TPSA) is 105 Å². The molecule has 0 atom stereocenters. The number of nitrogens with one attached hydrogen (secondary N) is 1. The number of nitrogens with zero attached hydrogens (tertiary/aromatic N) is 1. The van der Waals surface area contributed by atoms with Gasteiger partial charge in [0.25, 0.3) is 11.8 Å². The van der Waals surface area contributed by atoms with Crippen molar-refractivity contribution in [3.63, 3.8) is 0 Å². The van der Waals surface area contributed by atoms with Crippen LogP contribution in [0.15, 0.2) is 42.0 Å². The Hall–Kier alpha value is -3.08. The van der Waals surface area contributed by atoms with Crippen molar-refractivity contribution in [2.45, 2.75) is 20.3 Å². The molecule has 8 nitrogen and oxygen atoms in total. The Kier molecular flexibility index (Phi) is 7.16. The lowest BCUT2D eigenvalue weighted by molar-refractivity contribution is -0.122. The van der Waals surface area contributed by atoms with Crippen molar-refractivity contribution in [2.24, 2.45) is 0 Å². The zero-order valence-corrected chi connectivity index (χ0v) is 19.1. The van der Waals surface area contributed by atoms with E-state index in [-0.39, 0.29) is 17.0 Å². The first-order chi connectivity index (χ1) is 14.8. The van der Waals surface area contributed by atoms with Gasteiger partial charge >= 0.3 is 6.03 Å². The number of urea groups is 1. The molecule has 3 rings (SSSR count). The first-order valence-electron chi connectivity index (χ1n) is 9.65. The number of hydrogen-bond donors (Lipinski definition) is 2. The quantitative estimate of drug-likeness (QED) is 0.317. The number of imide groups is 2. The van der Waals surface area contributed by atoms with Gasteiger partial charge in [0, 0.05) is 0 Å². The Labute approximate surface area is 193 Å². The molecule has 0 aromatic heterocycles. The van der Waals surface area contributed by atoms with Gasteiger partial charge < -0.3 is 14.6 Å². The molecule has 1 aliphatic heterocycles. The van der Waals surface area contributed by atoms with Crippen LogP contribution in [0, 0.1) is 3.57 Å². The van der Waals surface area contributed by atoms with E-state index in [9.17, 15) is 19.5 Å². The van der Waals surface area contributed by atoms with E-state index in [1.807, 2.05) is 13.8 Å². The number of carbonyl (C=O) groups excluding carboxylic acids is 3. The highest BCUT2D eigenvalue weighted by atomic mass is 127. The molecule has 2 aromatic carbocycles. The molecule has 0 spiro atoms. The summed E-state index contributed by atoms with van der Waals surface area (Å²) in [6, 6.07) is 8.12. The monoisotopic (exact) mass is 536 g/mol. The molecule has 1 heterocycles. The summed E-state index contributed by atoms with van der Waals surface area (Å²) in [6.07, 6.45) is 2.25. The average Bonchev–Trinajstić information content (AvgIpc) is 2.72. The number of anilines is 1. The maximum atomic E-state index is 13.0. The second kappa shape index (κ2) is 9.82. The Morgan fingerprint density at radius 1 is 1.10 bits per heavy atom. The lowest BCUT2D eigenvalue weighted by Gasteiger charge is -2.26. The first-order valence-corrected chi connectivity index (χ1v) is 10.7. The summed E-state index contributed by atoms with van der Waals surface area (Å²) in [5.74, 6) is -0.455. The third kappa shape index (κ3) is 4.98. The van der Waals surface area contributed by atoms with Gasteiger partial charge in [0.05, 0.1) is 22.5 Å². The fourth-order valence-corrected chi connectivity index (χ4v) is 3.72. The maximum absolute atomic E-state index is 13.0. The predicted molar refractivity (Wildman–Crippen MR) is 123 cm³/mol. The number of halogens is 1. The lowest BCUT2D eigenvalue weighted by atomic mass is 10.1. The summed E-state index contributed by atoms with van der Waals surface area (Å²) < 4.78 is 12.2. The van der Waals surface area contributed by atoms with E-state index < -0.39 is 17.8 Å². The zero-order chi connectivity index (χ0) is 22.5. The third-order valence-electron chi connectivity index (χ3n) is 4.30. The van der Waals surface area contributed by atoms with Crippen LogP contribution in [0.3, 0.4) is 0 Å². The molecule has 162 valence electrons. The molecule has 1 fully saturated rings. The number of amides is 4. The molecule has 0 unspecified atom stereocenters. The molecule has 1 aliphatic rings. The zero-order valence-electron chi connectivity index (χ0n) is 17.0. The summed E-state index contributed by atoms with van der Waals surface area (Å²) in [5, 5.41) is 11.6. The molecule has 0 aliphatic carbocycles. The van der Waals surface area contributed by atoms with Crippen molar-refractivity contribution >= 4 is 52.2 Å². The summed E-state index contributed by atoms with van der Waals surface area (Å²) in [7, 11) is 0. The molecular formula is C22H21IN2O6. The Balaban J connectivity index is 2.00. The highest BCUT2D eigenvalue weighted by Crippen LogP contribution is 2.35. The normalized spacial score (nSPS) is 15.3. The molecule has 2 aromatic rings. The summed E-state index contributed by atoms with van der Waals surface area (Å²) >= 11 is 2.11. The number of rotatable bonds is 7. The Morgan fingerprint density at radius 3 is 2.45 bits per heavy atom. The number of aromatic hydroxyl groups is 1. The number of phenolic OH excluding ortho intramolecular Hbond substituents is 1. The molecule has 9 heteroatoms. The summed E-state index contributed by atoms with van der Waals surface area (Å²) in [5.41, 5.74) is 0.579. The fraction of sp³-hybridized carbons (Fsp3) is 0.227. The largest absolute Gasteiger partial charge is 0.508 e. The molecular weight excluding hydrogens is 515 g/mol. The minimum absolute atomic E-state index is 0.0103. The van der Waals surface area contributed by atoms with Crippen LogP contribution >= 0.6 is 22.6 Å². The van der Waals surface area contributed by atoms with Gasteiger partial charge in [-0.05, 0) is 84.0 Å². The fourth-order valence-electron chi connectivity index (χ4n) is 2.94. The lowest BCUT2D eigenvalue weighted by Crippen LogP contribution is -2.54. The van der Waals surface area contributed by atoms with Gasteiger partial charge in [0.15, 0.2) is 11.5 Å². The van der Waals surface area contributed by atoms with Gasteiger partial charge in [-0.3, -0.25) is 14.9 Å². The molecule has 2 N–H and O–H groups in total. The number of barbiturate groups is 1. The smallest absolute Gasteiger partial charge is 0.335 e. The molecule has 0 radical (unpaired) electrons.